The normalized spacial score (nSPS) is 12.3. The number of carbonyl (C=O) groups is 1. The van der Waals surface area contributed by atoms with Crippen molar-refractivity contribution in [2.75, 3.05) is 11.1 Å². The summed E-state index contributed by atoms with van der Waals surface area (Å²) in [5, 5.41) is 11.4. The third-order valence-electron chi connectivity index (χ3n) is 2.45. The van der Waals surface area contributed by atoms with Crippen LogP contribution in [-0.4, -0.2) is 25.0 Å². The second kappa shape index (κ2) is 4.61. The van der Waals surface area contributed by atoms with E-state index in [2.05, 4.69) is 19.9 Å². The lowest BCUT2D eigenvalue weighted by Crippen LogP contribution is -2.17. The molecule has 0 aliphatic carbocycles. The van der Waals surface area contributed by atoms with Crippen molar-refractivity contribution < 1.29 is 4.79 Å². The van der Waals surface area contributed by atoms with Crippen molar-refractivity contribution in [3.63, 3.8) is 0 Å². The van der Waals surface area contributed by atoms with E-state index in [1.54, 1.807) is 10.9 Å². The van der Waals surface area contributed by atoms with E-state index in [-0.39, 0.29) is 17.4 Å². The van der Waals surface area contributed by atoms with Crippen molar-refractivity contribution in [1.82, 2.24) is 19.1 Å². The van der Waals surface area contributed by atoms with Crippen LogP contribution in [0, 0.1) is 0 Å². The number of nitrogens with one attached hydrogen (secondary N) is 1. The van der Waals surface area contributed by atoms with Gasteiger partial charge in [-0.05, 0) is 18.5 Å². The first-order chi connectivity index (χ1) is 8.50. The average molecular weight is 267 g/mol. The maximum absolute atomic E-state index is 11.3. The lowest BCUT2D eigenvalue weighted by atomic mass is 10.2. The van der Waals surface area contributed by atoms with Crippen molar-refractivity contribution in [3.8, 4) is 0 Å². The molecule has 1 unspecified atom stereocenters. The first-order valence-electron chi connectivity index (χ1n) is 5.16. The zero-order chi connectivity index (χ0) is 13.3. The van der Waals surface area contributed by atoms with Gasteiger partial charge in [0.05, 0.1) is 6.04 Å². The third kappa shape index (κ3) is 2.12. The molecular formula is C9H13N7OS. The summed E-state index contributed by atoms with van der Waals surface area (Å²) in [6.45, 7) is 1.89. The Labute approximate surface area is 107 Å². The lowest BCUT2D eigenvalue weighted by molar-refractivity contribution is 0.100. The van der Waals surface area contributed by atoms with Crippen LogP contribution >= 0.6 is 11.5 Å². The number of nitrogen functional groups attached to an aromatic ring is 1. The van der Waals surface area contributed by atoms with E-state index >= 15 is 0 Å². The molecule has 0 fully saturated rings. The largest absolute Gasteiger partial charge is 0.382 e. The number of nitrogens with two attached hydrogens (primary N) is 2. The Hall–Kier alpha value is -2.16. The number of amides is 1. The third-order valence-corrected chi connectivity index (χ3v) is 3.24. The average Bonchev–Trinajstić information content (AvgIpc) is 2.85. The summed E-state index contributed by atoms with van der Waals surface area (Å²) in [6, 6.07) is -0.143. The summed E-state index contributed by atoms with van der Waals surface area (Å²) < 4.78 is 5.69. The van der Waals surface area contributed by atoms with Crippen molar-refractivity contribution in [3.05, 3.63) is 17.7 Å². The number of nitrogens with zero attached hydrogens (tertiary/aromatic N) is 4. The van der Waals surface area contributed by atoms with Crippen LogP contribution in [0.3, 0.4) is 0 Å². The number of anilines is 2. The van der Waals surface area contributed by atoms with E-state index in [0.29, 0.717) is 5.00 Å². The number of hydrogen-bond acceptors (Lipinski definition) is 7. The van der Waals surface area contributed by atoms with Gasteiger partial charge in [-0.3, -0.25) is 4.79 Å². The number of hydrogen-bond donors (Lipinski definition) is 3. The van der Waals surface area contributed by atoms with Gasteiger partial charge in [0, 0.05) is 7.05 Å². The van der Waals surface area contributed by atoms with Crippen LogP contribution in [0.1, 0.15) is 29.1 Å². The molecule has 1 amide bonds. The predicted octanol–water partition coefficient (Wildman–Crippen LogP) is 0.126. The Balaban J connectivity index is 2.25. The number of aromatic nitrogens is 4. The topological polar surface area (TPSA) is 125 Å². The molecule has 2 aromatic rings. The molecule has 2 rings (SSSR count). The summed E-state index contributed by atoms with van der Waals surface area (Å²) in [4.78, 5) is 11.3. The first-order valence-corrected chi connectivity index (χ1v) is 5.93. The quantitative estimate of drug-likeness (QED) is 0.723. The van der Waals surface area contributed by atoms with Gasteiger partial charge in [-0.1, -0.05) is 0 Å². The molecule has 2 heterocycles. The first kappa shape index (κ1) is 12.3. The lowest BCUT2D eigenvalue weighted by Gasteiger charge is -2.13. The number of primary amides is 1. The van der Waals surface area contributed by atoms with Crippen LogP contribution in [0.4, 0.5) is 10.8 Å². The number of rotatable bonds is 4. The molecule has 1 atom stereocenters. The van der Waals surface area contributed by atoms with E-state index in [9.17, 15) is 4.79 Å². The fourth-order valence-corrected chi connectivity index (χ4v) is 2.39. The van der Waals surface area contributed by atoms with E-state index < -0.39 is 5.91 Å². The molecule has 0 aliphatic rings. The molecule has 8 nitrogen and oxygen atoms in total. The highest BCUT2D eigenvalue weighted by Gasteiger charge is 2.20. The fourth-order valence-electron chi connectivity index (χ4n) is 1.58. The zero-order valence-corrected chi connectivity index (χ0v) is 10.7. The minimum absolute atomic E-state index is 0.139. The minimum atomic E-state index is -0.603. The standard InChI is InChI=1S/C9H13N7OS/c1-4(8-14-12-3-16(8)2)13-9-5(7(11)17)6(10)15-18-9/h3-4,13H,1-2H3,(H2,10,15)(H2,11,17). The van der Waals surface area contributed by atoms with E-state index in [0.717, 1.165) is 17.4 Å². The molecule has 5 N–H and O–H groups in total. The van der Waals surface area contributed by atoms with Gasteiger partial charge >= 0.3 is 0 Å². The molecule has 0 spiro atoms. The summed E-state index contributed by atoms with van der Waals surface area (Å²) in [6.07, 6.45) is 1.60. The highest BCUT2D eigenvalue weighted by atomic mass is 32.1. The summed E-state index contributed by atoms with van der Waals surface area (Å²) in [5.41, 5.74) is 11.1. The maximum atomic E-state index is 11.3. The Morgan fingerprint density at radius 2 is 2.33 bits per heavy atom. The Morgan fingerprint density at radius 1 is 1.61 bits per heavy atom. The van der Waals surface area contributed by atoms with Gasteiger partial charge in [-0.15, -0.1) is 10.2 Å². The Kier molecular flexibility index (Phi) is 3.15. The molecule has 0 saturated carbocycles. The Bertz CT molecular complexity index is 575. The second-order valence-corrected chi connectivity index (χ2v) is 4.58. The minimum Gasteiger partial charge on any atom is -0.382 e. The van der Waals surface area contributed by atoms with Crippen LogP contribution in [0.2, 0.25) is 0 Å². The van der Waals surface area contributed by atoms with E-state index in [4.69, 9.17) is 11.5 Å². The van der Waals surface area contributed by atoms with Crippen LogP contribution in [0.5, 0.6) is 0 Å². The van der Waals surface area contributed by atoms with Gasteiger partial charge in [0.15, 0.2) is 11.6 Å². The van der Waals surface area contributed by atoms with Crippen LogP contribution < -0.4 is 16.8 Å². The van der Waals surface area contributed by atoms with Crippen LogP contribution in [-0.2, 0) is 7.05 Å². The highest BCUT2D eigenvalue weighted by molar-refractivity contribution is 7.11. The SMILES string of the molecule is CC(Nc1snc(N)c1C(N)=O)c1nncn1C. The van der Waals surface area contributed by atoms with Crippen molar-refractivity contribution in [1.29, 1.82) is 0 Å². The molecule has 2 aromatic heterocycles. The van der Waals surface area contributed by atoms with E-state index in [1.165, 1.54) is 0 Å². The zero-order valence-electron chi connectivity index (χ0n) is 9.91. The molecule has 0 bridgehead atoms. The monoisotopic (exact) mass is 267 g/mol. The van der Waals surface area contributed by atoms with E-state index in [1.807, 2.05) is 14.0 Å². The second-order valence-electron chi connectivity index (χ2n) is 3.80. The van der Waals surface area contributed by atoms with Gasteiger partial charge in [0.1, 0.15) is 16.9 Å². The summed E-state index contributed by atoms with van der Waals surface area (Å²) >= 11 is 1.09. The molecule has 0 aromatic carbocycles. The molecule has 0 saturated heterocycles. The van der Waals surface area contributed by atoms with Gasteiger partial charge in [-0.25, -0.2) is 0 Å². The predicted molar refractivity (Wildman–Crippen MR) is 68.1 cm³/mol. The molecule has 9 heteroatoms. The molecule has 0 radical (unpaired) electrons. The molecule has 0 aliphatic heterocycles. The van der Waals surface area contributed by atoms with Gasteiger partial charge in [-0.2, -0.15) is 4.37 Å². The van der Waals surface area contributed by atoms with Crippen molar-refractivity contribution in [2.45, 2.75) is 13.0 Å². The molecule has 96 valence electrons. The summed E-state index contributed by atoms with van der Waals surface area (Å²) in [7, 11) is 1.84. The Morgan fingerprint density at radius 3 is 2.89 bits per heavy atom. The van der Waals surface area contributed by atoms with Crippen LogP contribution in [0.15, 0.2) is 6.33 Å². The summed E-state index contributed by atoms with van der Waals surface area (Å²) in [5.74, 6) is 0.270. The molecule has 18 heavy (non-hydrogen) atoms. The number of aryl methyl sites for hydroxylation is 1. The van der Waals surface area contributed by atoms with Crippen molar-refractivity contribution >= 4 is 28.3 Å². The van der Waals surface area contributed by atoms with Gasteiger partial charge < -0.3 is 21.4 Å². The van der Waals surface area contributed by atoms with Crippen molar-refractivity contribution in [2.24, 2.45) is 12.8 Å². The maximum Gasteiger partial charge on any atom is 0.255 e. The van der Waals surface area contributed by atoms with Gasteiger partial charge in [0.25, 0.3) is 5.91 Å². The fraction of sp³-hybridized carbons (Fsp3) is 0.333. The van der Waals surface area contributed by atoms with Gasteiger partial charge in [0.2, 0.25) is 0 Å². The smallest absolute Gasteiger partial charge is 0.255 e. The highest BCUT2D eigenvalue weighted by Crippen LogP contribution is 2.29. The molecular weight excluding hydrogens is 254 g/mol. The van der Waals surface area contributed by atoms with Crippen LogP contribution in [0.25, 0.3) is 0 Å². The number of carbonyl (C=O) groups excluding carboxylic acids is 1.